The highest BCUT2D eigenvalue weighted by Crippen LogP contribution is 2.35. The van der Waals surface area contributed by atoms with E-state index in [4.69, 9.17) is 0 Å². The number of nitrogens with zero attached hydrogens (tertiary/aromatic N) is 2. The minimum absolute atomic E-state index is 0.0474. The molecule has 31 heavy (non-hydrogen) atoms. The molecule has 2 N–H and O–H groups in total. The van der Waals surface area contributed by atoms with Gasteiger partial charge in [0.15, 0.2) is 0 Å². The van der Waals surface area contributed by atoms with Crippen LogP contribution in [0.2, 0.25) is 0 Å². The molecule has 6 nitrogen and oxygen atoms in total. The number of amides is 2. The number of hydrogen-bond acceptors (Lipinski definition) is 4. The lowest BCUT2D eigenvalue weighted by Crippen LogP contribution is -2.38. The van der Waals surface area contributed by atoms with Crippen LogP contribution >= 0.6 is 0 Å². The van der Waals surface area contributed by atoms with Crippen molar-refractivity contribution in [2.75, 3.05) is 31.5 Å². The van der Waals surface area contributed by atoms with Gasteiger partial charge in [0.1, 0.15) is 6.17 Å². The van der Waals surface area contributed by atoms with Crippen LogP contribution < -0.4 is 10.6 Å². The van der Waals surface area contributed by atoms with Crippen molar-refractivity contribution >= 4 is 17.5 Å². The molecule has 0 saturated carbocycles. The molecule has 1 saturated heterocycles. The Bertz CT molecular complexity index is 919. The number of likely N-dealkylation sites (tertiary alicyclic amines) is 1. The Morgan fingerprint density at radius 2 is 1.74 bits per heavy atom. The predicted molar refractivity (Wildman–Crippen MR) is 123 cm³/mol. The third-order valence-electron chi connectivity index (χ3n) is 6.17. The standard InChI is InChI=1S/C25H32N4O2/c1-18(2)29-23(21-8-4-5-9-22(21)25(29)31)27-20-12-10-19(11-13-20)24(30)26-14-17-28-15-6-3-7-16-28/h4-5,8-13,18,23,27H,3,6-7,14-17H2,1-2H3,(H,26,30). The average Bonchev–Trinajstić information content (AvgIpc) is 3.07. The highest BCUT2D eigenvalue weighted by Gasteiger charge is 2.37. The number of hydrogen-bond donors (Lipinski definition) is 2. The summed E-state index contributed by atoms with van der Waals surface area (Å²) < 4.78 is 0. The van der Waals surface area contributed by atoms with Crippen LogP contribution in [-0.4, -0.2) is 53.8 Å². The number of piperidine rings is 1. The minimum Gasteiger partial charge on any atom is -0.361 e. The van der Waals surface area contributed by atoms with E-state index >= 15 is 0 Å². The maximum atomic E-state index is 12.8. The molecule has 0 radical (unpaired) electrons. The molecule has 6 heteroatoms. The summed E-state index contributed by atoms with van der Waals surface area (Å²) in [5.74, 6) is 0.00144. The lowest BCUT2D eigenvalue weighted by atomic mass is 10.1. The molecule has 4 rings (SSSR count). The summed E-state index contributed by atoms with van der Waals surface area (Å²) in [4.78, 5) is 29.6. The molecule has 1 fully saturated rings. The van der Waals surface area contributed by atoms with Gasteiger partial charge >= 0.3 is 0 Å². The molecule has 0 aromatic heterocycles. The third-order valence-corrected chi connectivity index (χ3v) is 6.17. The first-order chi connectivity index (χ1) is 15.0. The zero-order chi connectivity index (χ0) is 21.8. The molecule has 2 heterocycles. The van der Waals surface area contributed by atoms with Crippen molar-refractivity contribution in [2.45, 2.75) is 45.3 Å². The lowest BCUT2D eigenvalue weighted by Gasteiger charge is -2.30. The Kier molecular flexibility index (Phi) is 6.56. The summed E-state index contributed by atoms with van der Waals surface area (Å²) >= 11 is 0. The number of fused-ring (bicyclic) bond motifs is 1. The van der Waals surface area contributed by atoms with Crippen molar-refractivity contribution in [3.05, 3.63) is 65.2 Å². The van der Waals surface area contributed by atoms with E-state index in [1.54, 1.807) is 0 Å². The number of nitrogens with one attached hydrogen (secondary N) is 2. The minimum atomic E-state index is -0.215. The van der Waals surface area contributed by atoms with Crippen molar-refractivity contribution in [1.29, 1.82) is 0 Å². The number of benzene rings is 2. The first-order valence-corrected chi connectivity index (χ1v) is 11.3. The molecular formula is C25H32N4O2. The zero-order valence-corrected chi connectivity index (χ0v) is 18.4. The second-order valence-electron chi connectivity index (χ2n) is 8.68. The quantitative estimate of drug-likeness (QED) is 0.714. The van der Waals surface area contributed by atoms with Crippen LogP contribution in [0.1, 0.15) is 65.6 Å². The molecule has 2 amide bonds. The maximum Gasteiger partial charge on any atom is 0.256 e. The SMILES string of the molecule is CC(C)N1C(=O)c2ccccc2C1Nc1ccc(C(=O)NCCN2CCCCC2)cc1. The van der Waals surface area contributed by atoms with E-state index in [0.29, 0.717) is 12.1 Å². The number of carbonyl (C=O) groups is 2. The monoisotopic (exact) mass is 420 g/mol. The fraction of sp³-hybridized carbons (Fsp3) is 0.440. The summed E-state index contributed by atoms with van der Waals surface area (Å²) in [6.07, 6.45) is 3.62. The van der Waals surface area contributed by atoms with Gasteiger partial charge in [-0.25, -0.2) is 0 Å². The molecule has 2 aromatic carbocycles. The zero-order valence-electron chi connectivity index (χ0n) is 18.4. The lowest BCUT2D eigenvalue weighted by molar-refractivity contribution is 0.0685. The highest BCUT2D eigenvalue weighted by atomic mass is 16.2. The van der Waals surface area contributed by atoms with Crippen LogP contribution in [-0.2, 0) is 0 Å². The predicted octanol–water partition coefficient (Wildman–Crippen LogP) is 3.88. The third kappa shape index (κ3) is 4.74. The number of carbonyl (C=O) groups excluding carboxylic acids is 2. The smallest absolute Gasteiger partial charge is 0.256 e. The summed E-state index contributed by atoms with van der Waals surface area (Å²) in [5.41, 5.74) is 3.26. The van der Waals surface area contributed by atoms with Crippen molar-refractivity contribution in [1.82, 2.24) is 15.1 Å². The Hall–Kier alpha value is -2.86. The summed E-state index contributed by atoms with van der Waals surface area (Å²) in [6.45, 7) is 7.90. The number of anilines is 1. The summed E-state index contributed by atoms with van der Waals surface area (Å²) in [5, 5.41) is 6.50. The molecule has 1 unspecified atom stereocenters. The van der Waals surface area contributed by atoms with E-state index in [-0.39, 0.29) is 24.0 Å². The van der Waals surface area contributed by atoms with E-state index in [9.17, 15) is 9.59 Å². The van der Waals surface area contributed by atoms with Crippen molar-refractivity contribution in [3.8, 4) is 0 Å². The molecule has 2 aromatic rings. The van der Waals surface area contributed by atoms with E-state index in [1.807, 2.05) is 67.3 Å². The van der Waals surface area contributed by atoms with Gasteiger partial charge in [-0.05, 0) is 70.1 Å². The van der Waals surface area contributed by atoms with Crippen molar-refractivity contribution in [2.24, 2.45) is 0 Å². The van der Waals surface area contributed by atoms with E-state index < -0.39 is 0 Å². The van der Waals surface area contributed by atoms with Gasteiger partial charge in [0, 0.05) is 41.5 Å². The molecule has 2 aliphatic heterocycles. The van der Waals surface area contributed by atoms with Gasteiger partial charge in [-0.15, -0.1) is 0 Å². The molecular weight excluding hydrogens is 388 g/mol. The Morgan fingerprint density at radius 1 is 1.03 bits per heavy atom. The van der Waals surface area contributed by atoms with Crippen molar-refractivity contribution < 1.29 is 9.59 Å². The average molecular weight is 421 g/mol. The topological polar surface area (TPSA) is 64.7 Å². The van der Waals surface area contributed by atoms with Crippen LogP contribution in [0, 0.1) is 0 Å². The number of rotatable bonds is 7. The second-order valence-corrected chi connectivity index (χ2v) is 8.68. The fourth-order valence-corrected chi connectivity index (χ4v) is 4.50. The molecule has 0 bridgehead atoms. The Labute approximate surface area is 184 Å². The highest BCUT2D eigenvalue weighted by molar-refractivity contribution is 5.99. The van der Waals surface area contributed by atoms with Gasteiger partial charge in [-0.2, -0.15) is 0 Å². The molecule has 1 atom stereocenters. The molecule has 164 valence electrons. The van der Waals surface area contributed by atoms with Gasteiger partial charge in [-0.3, -0.25) is 9.59 Å². The largest absolute Gasteiger partial charge is 0.361 e. The Balaban J connectivity index is 1.37. The van der Waals surface area contributed by atoms with E-state index in [1.165, 1.54) is 19.3 Å². The molecule has 0 spiro atoms. The summed E-state index contributed by atoms with van der Waals surface area (Å²) in [6, 6.07) is 15.3. The van der Waals surface area contributed by atoms with Gasteiger partial charge in [0.25, 0.3) is 11.8 Å². The summed E-state index contributed by atoms with van der Waals surface area (Å²) in [7, 11) is 0. The fourth-order valence-electron chi connectivity index (χ4n) is 4.50. The van der Waals surface area contributed by atoms with Crippen LogP contribution in [0.3, 0.4) is 0 Å². The molecule has 0 aliphatic carbocycles. The maximum absolute atomic E-state index is 12.8. The van der Waals surface area contributed by atoms with Crippen molar-refractivity contribution in [3.63, 3.8) is 0 Å². The Morgan fingerprint density at radius 3 is 2.45 bits per heavy atom. The van der Waals surface area contributed by atoms with Gasteiger partial charge < -0.3 is 20.4 Å². The van der Waals surface area contributed by atoms with Crippen LogP contribution in [0.15, 0.2) is 48.5 Å². The normalized spacial score (nSPS) is 18.9. The van der Waals surface area contributed by atoms with E-state index in [0.717, 1.165) is 36.4 Å². The van der Waals surface area contributed by atoms with Gasteiger partial charge in [0.05, 0.1) is 0 Å². The van der Waals surface area contributed by atoms with E-state index in [2.05, 4.69) is 15.5 Å². The second kappa shape index (κ2) is 9.52. The first-order valence-electron chi connectivity index (χ1n) is 11.3. The van der Waals surface area contributed by atoms with Gasteiger partial charge in [0.2, 0.25) is 0 Å². The first kappa shape index (κ1) is 21.4. The van der Waals surface area contributed by atoms with Crippen LogP contribution in [0.5, 0.6) is 0 Å². The van der Waals surface area contributed by atoms with Crippen LogP contribution in [0.25, 0.3) is 0 Å². The van der Waals surface area contributed by atoms with Crippen LogP contribution in [0.4, 0.5) is 5.69 Å². The molecule has 2 aliphatic rings. The van der Waals surface area contributed by atoms with Gasteiger partial charge in [-0.1, -0.05) is 24.6 Å².